The molecule has 0 saturated heterocycles. The monoisotopic (exact) mass is 248 g/mol. The molecule has 0 radical (unpaired) electrons. The fraction of sp³-hybridized carbons (Fsp3) is 0.111. The standard InChI is InChI=1S/C9H5BrN4/c1-6-3-9(14-12-2)7(10)4-8(6)13-5-11/h3-4H,1H3/b13-8?,14-9-. The van der Waals surface area contributed by atoms with Crippen LogP contribution in [0.2, 0.25) is 0 Å². The Morgan fingerprint density at radius 1 is 1.50 bits per heavy atom. The van der Waals surface area contributed by atoms with Crippen molar-refractivity contribution >= 4 is 27.4 Å². The van der Waals surface area contributed by atoms with Crippen molar-refractivity contribution < 1.29 is 0 Å². The maximum Gasteiger partial charge on any atom is 0.206 e. The summed E-state index contributed by atoms with van der Waals surface area (Å²) in [5.41, 5.74) is 1.95. The second-order valence-corrected chi connectivity index (χ2v) is 3.36. The molecular formula is C9H5BrN4. The highest BCUT2D eigenvalue weighted by Crippen LogP contribution is 2.18. The predicted molar refractivity (Wildman–Crippen MR) is 57.9 cm³/mol. The van der Waals surface area contributed by atoms with Gasteiger partial charge < -0.3 is 0 Å². The molecule has 0 N–H and O–H groups in total. The molecule has 0 bridgehead atoms. The van der Waals surface area contributed by atoms with Gasteiger partial charge in [-0.2, -0.15) is 16.8 Å². The maximum absolute atomic E-state index is 8.40. The van der Waals surface area contributed by atoms with E-state index in [1.165, 1.54) is 0 Å². The molecule has 0 spiro atoms. The van der Waals surface area contributed by atoms with E-state index >= 15 is 0 Å². The van der Waals surface area contributed by atoms with Crippen molar-refractivity contribution in [3.05, 3.63) is 33.7 Å². The van der Waals surface area contributed by atoms with Gasteiger partial charge in [-0.05, 0) is 40.6 Å². The Morgan fingerprint density at radius 2 is 2.21 bits per heavy atom. The van der Waals surface area contributed by atoms with E-state index in [1.807, 2.05) is 6.92 Å². The number of hydrogen-bond acceptors (Lipinski definition) is 3. The molecule has 0 atom stereocenters. The van der Waals surface area contributed by atoms with Gasteiger partial charge in [-0.1, -0.05) is 0 Å². The smallest absolute Gasteiger partial charge is 0.181 e. The molecule has 0 aromatic carbocycles. The van der Waals surface area contributed by atoms with E-state index in [0.717, 1.165) is 5.57 Å². The van der Waals surface area contributed by atoms with Crippen LogP contribution in [-0.4, -0.2) is 11.4 Å². The average molecular weight is 249 g/mol. The average Bonchev–Trinajstić information content (AvgIpc) is 2.14. The van der Waals surface area contributed by atoms with Gasteiger partial charge in [0.15, 0.2) is 5.71 Å². The molecule has 0 aromatic heterocycles. The van der Waals surface area contributed by atoms with Crippen molar-refractivity contribution in [1.82, 2.24) is 0 Å². The third-order valence-corrected chi connectivity index (χ3v) is 2.23. The summed E-state index contributed by atoms with van der Waals surface area (Å²) in [4.78, 5) is 6.56. The molecule has 0 aliphatic heterocycles. The lowest BCUT2D eigenvalue weighted by molar-refractivity contribution is 1.42. The van der Waals surface area contributed by atoms with Gasteiger partial charge in [-0.3, -0.25) is 0 Å². The first kappa shape index (κ1) is 10.4. The Hall–Kier alpha value is -1.72. The normalized spacial score (nSPS) is 21.1. The number of nitrogens with zero attached hydrogens (tertiary/aromatic N) is 4. The molecule has 68 valence electrons. The first-order valence-electron chi connectivity index (χ1n) is 3.66. The fourth-order valence-electron chi connectivity index (χ4n) is 0.961. The molecule has 1 aliphatic rings. The zero-order valence-electron chi connectivity index (χ0n) is 7.32. The van der Waals surface area contributed by atoms with Crippen molar-refractivity contribution in [1.29, 1.82) is 5.26 Å². The van der Waals surface area contributed by atoms with Crippen LogP contribution in [-0.2, 0) is 0 Å². The number of halogens is 1. The van der Waals surface area contributed by atoms with E-state index in [-0.39, 0.29) is 0 Å². The summed E-state index contributed by atoms with van der Waals surface area (Å²) in [6.45, 7) is 8.41. The van der Waals surface area contributed by atoms with E-state index < -0.39 is 0 Å². The molecule has 0 heterocycles. The SMILES string of the molecule is [C-]#[N+]/N=C1/C=C(C)C(=NC#N)C=C1Br. The van der Waals surface area contributed by atoms with Crippen LogP contribution in [0.15, 0.2) is 32.3 Å². The van der Waals surface area contributed by atoms with Crippen LogP contribution in [0.3, 0.4) is 0 Å². The molecule has 0 fully saturated rings. The molecule has 0 amide bonds. The second kappa shape index (κ2) is 4.50. The summed E-state index contributed by atoms with van der Waals surface area (Å²) < 4.78 is 0.660. The molecule has 1 rings (SSSR count). The van der Waals surface area contributed by atoms with Crippen molar-refractivity contribution in [3.8, 4) is 6.19 Å². The van der Waals surface area contributed by atoms with Crippen LogP contribution in [0.25, 0.3) is 4.95 Å². The van der Waals surface area contributed by atoms with Gasteiger partial charge in [0.1, 0.15) is 0 Å². The summed E-state index contributed by atoms with van der Waals surface area (Å²) in [5, 5.41) is 12.0. The van der Waals surface area contributed by atoms with Gasteiger partial charge in [-0.25, -0.2) is 0 Å². The molecule has 5 heteroatoms. The molecule has 0 saturated carbocycles. The summed E-state index contributed by atoms with van der Waals surface area (Å²) in [7, 11) is 0. The van der Waals surface area contributed by atoms with Gasteiger partial charge in [0.2, 0.25) is 6.19 Å². The minimum absolute atomic E-state index is 0.550. The van der Waals surface area contributed by atoms with Crippen LogP contribution in [0, 0.1) is 18.0 Å². The Balaban J connectivity index is 3.17. The highest BCUT2D eigenvalue weighted by molar-refractivity contribution is 9.12. The third-order valence-electron chi connectivity index (χ3n) is 1.59. The van der Waals surface area contributed by atoms with Crippen molar-refractivity contribution in [2.75, 3.05) is 0 Å². The lowest BCUT2D eigenvalue weighted by Gasteiger charge is -2.06. The number of aliphatic imine (C=N–C) groups is 1. The molecule has 1 aliphatic carbocycles. The largest absolute Gasteiger partial charge is 0.206 e. The fourth-order valence-corrected chi connectivity index (χ4v) is 1.37. The van der Waals surface area contributed by atoms with Crippen molar-refractivity contribution in [3.63, 3.8) is 0 Å². The Morgan fingerprint density at radius 3 is 2.79 bits per heavy atom. The Bertz CT molecular complexity index is 410. The second-order valence-electron chi connectivity index (χ2n) is 2.50. The summed E-state index contributed by atoms with van der Waals surface area (Å²) in [6.07, 6.45) is 5.09. The number of hydrogen-bond donors (Lipinski definition) is 0. The summed E-state index contributed by atoms with van der Waals surface area (Å²) in [6, 6.07) is 0. The van der Waals surface area contributed by atoms with Gasteiger partial charge in [0, 0.05) is 0 Å². The predicted octanol–water partition coefficient (Wildman–Crippen LogP) is 2.42. The van der Waals surface area contributed by atoms with E-state index in [4.69, 9.17) is 11.8 Å². The van der Waals surface area contributed by atoms with E-state index in [9.17, 15) is 0 Å². The summed E-state index contributed by atoms with van der Waals surface area (Å²) >= 11 is 3.25. The molecular weight excluding hydrogens is 244 g/mol. The minimum atomic E-state index is 0.550. The highest BCUT2D eigenvalue weighted by atomic mass is 79.9. The topological polar surface area (TPSA) is 52.9 Å². The molecule has 0 unspecified atom stereocenters. The van der Waals surface area contributed by atoms with Crippen LogP contribution < -0.4 is 0 Å². The number of nitriles is 1. The van der Waals surface area contributed by atoms with Crippen LogP contribution >= 0.6 is 15.9 Å². The van der Waals surface area contributed by atoms with Gasteiger partial charge in [-0.15, -0.1) is 4.95 Å². The lowest BCUT2D eigenvalue weighted by atomic mass is 10.0. The first-order valence-corrected chi connectivity index (χ1v) is 4.45. The lowest BCUT2D eigenvalue weighted by Crippen LogP contribution is -2.08. The van der Waals surface area contributed by atoms with Gasteiger partial charge >= 0.3 is 0 Å². The quantitative estimate of drug-likeness (QED) is 0.281. The van der Waals surface area contributed by atoms with Crippen LogP contribution in [0.1, 0.15) is 6.92 Å². The molecule has 14 heavy (non-hydrogen) atoms. The number of rotatable bonds is 0. The summed E-state index contributed by atoms with van der Waals surface area (Å²) in [5.74, 6) is 0. The Kier molecular flexibility index (Phi) is 3.33. The third kappa shape index (κ3) is 2.15. The van der Waals surface area contributed by atoms with Gasteiger partial charge in [0.05, 0.1) is 15.3 Å². The van der Waals surface area contributed by atoms with E-state index in [2.05, 4.69) is 31.0 Å². The molecule has 0 aromatic rings. The van der Waals surface area contributed by atoms with Crippen LogP contribution in [0.4, 0.5) is 0 Å². The Labute approximate surface area is 89.9 Å². The van der Waals surface area contributed by atoms with Gasteiger partial charge in [0.25, 0.3) is 0 Å². The van der Waals surface area contributed by atoms with Crippen molar-refractivity contribution in [2.24, 2.45) is 10.1 Å². The zero-order chi connectivity index (χ0) is 10.6. The number of allylic oxidation sites excluding steroid dienone is 4. The van der Waals surface area contributed by atoms with E-state index in [0.29, 0.717) is 15.9 Å². The minimum Gasteiger partial charge on any atom is -0.181 e. The maximum atomic E-state index is 8.40. The van der Waals surface area contributed by atoms with Crippen molar-refractivity contribution in [2.45, 2.75) is 6.92 Å². The highest BCUT2D eigenvalue weighted by Gasteiger charge is 2.14. The molecule has 4 nitrogen and oxygen atoms in total. The first-order chi connectivity index (χ1) is 6.69. The van der Waals surface area contributed by atoms with E-state index in [1.54, 1.807) is 18.3 Å². The zero-order valence-corrected chi connectivity index (χ0v) is 8.91. The van der Waals surface area contributed by atoms with Crippen LogP contribution in [0.5, 0.6) is 0 Å².